The molecule has 1 aliphatic carbocycles. The molecule has 0 aliphatic heterocycles. The number of ether oxygens (including phenoxy) is 3. The summed E-state index contributed by atoms with van der Waals surface area (Å²) < 4.78 is 17.8. The highest BCUT2D eigenvalue weighted by molar-refractivity contribution is 5.87. The topological polar surface area (TPSA) is 82.1 Å². The lowest BCUT2D eigenvalue weighted by atomic mass is 9.77. The zero-order chi connectivity index (χ0) is 50.2. The van der Waals surface area contributed by atoms with Gasteiger partial charge in [0.05, 0.1) is 13.2 Å². The second-order valence-corrected chi connectivity index (χ2v) is 20.2. The van der Waals surface area contributed by atoms with Crippen molar-refractivity contribution in [1.29, 1.82) is 0 Å². The lowest BCUT2D eigenvalue weighted by Gasteiger charge is -2.29. The normalized spacial score (nSPS) is 15.4. The second-order valence-electron chi connectivity index (χ2n) is 20.2. The minimum absolute atomic E-state index is 0.143. The number of benzene rings is 4. The van der Waals surface area contributed by atoms with Crippen molar-refractivity contribution in [3.8, 4) is 39.1 Å². The highest BCUT2D eigenvalue weighted by Crippen LogP contribution is 2.40. The Bertz CT molecular complexity index is 2210. The van der Waals surface area contributed by atoms with Gasteiger partial charge in [-0.2, -0.15) is 0 Å². The van der Waals surface area contributed by atoms with Gasteiger partial charge >= 0.3 is 5.97 Å². The standard InChI is InChI=1S/C59H82O5.C4H6O/c1-9-13-15-18-44-21-23-47(24-22-44)48-25-27-49(28-26-48)55-31-29-50(38-45(55)11-3)51-30-32-56(46(12-4)39-51)54-40-52(19-16-35-62-8)57(63-37-34-59(7,42-60)33-14-10-2)53(41-54)20-17-36-64-58(61)43(5)6;1-4(2)3-5/h25-32,38-41,44,47,60H,5,9-24,33-37,42H2,1-4,6-8H3;3H,1H2,2H3. The maximum absolute atomic E-state index is 12.2. The molecule has 69 heavy (non-hydrogen) atoms. The smallest absolute Gasteiger partial charge is 0.333 e. The van der Waals surface area contributed by atoms with Crippen LogP contribution < -0.4 is 4.74 Å². The monoisotopic (exact) mass is 941 g/mol. The van der Waals surface area contributed by atoms with Gasteiger partial charge in [0.2, 0.25) is 0 Å². The molecule has 6 nitrogen and oxygen atoms in total. The number of aryl methyl sites for hydroxylation is 4. The number of unbranched alkanes of at least 4 members (excludes halogenated alkanes) is 3. The molecule has 1 unspecified atom stereocenters. The van der Waals surface area contributed by atoms with Crippen molar-refractivity contribution in [2.24, 2.45) is 11.3 Å². The lowest BCUT2D eigenvalue weighted by Crippen LogP contribution is -2.24. The lowest BCUT2D eigenvalue weighted by molar-refractivity contribution is -0.139. The number of aliphatic hydroxyl groups is 1. The number of aldehydes is 1. The Morgan fingerprint density at radius 1 is 0.681 bits per heavy atom. The Balaban J connectivity index is 0.00000197. The maximum Gasteiger partial charge on any atom is 0.333 e. The number of allylic oxidation sites excluding steroid dienone is 1. The second kappa shape index (κ2) is 30.1. The van der Waals surface area contributed by atoms with Gasteiger partial charge in [-0.05, 0) is 187 Å². The van der Waals surface area contributed by atoms with E-state index in [1.807, 2.05) is 0 Å². The number of carbonyl (C=O) groups is 2. The van der Waals surface area contributed by atoms with Crippen LogP contribution in [0.15, 0.2) is 97.1 Å². The molecular weight excluding hydrogens is 853 g/mol. The van der Waals surface area contributed by atoms with Gasteiger partial charge in [-0.15, -0.1) is 0 Å². The van der Waals surface area contributed by atoms with Gasteiger partial charge in [-0.25, -0.2) is 4.79 Å². The molecule has 1 saturated carbocycles. The largest absolute Gasteiger partial charge is 0.493 e. The van der Waals surface area contributed by atoms with Crippen LogP contribution in [0.25, 0.3) is 33.4 Å². The third kappa shape index (κ3) is 17.8. The van der Waals surface area contributed by atoms with Gasteiger partial charge < -0.3 is 19.3 Å². The molecule has 6 heteroatoms. The van der Waals surface area contributed by atoms with Crippen molar-refractivity contribution in [3.05, 3.63) is 125 Å². The fourth-order valence-electron chi connectivity index (χ4n) is 9.81. The zero-order valence-corrected chi connectivity index (χ0v) is 44.1. The van der Waals surface area contributed by atoms with Crippen LogP contribution in [0.2, 0.25) is 0 Å². The summed E-state index contributed by atoms with van der Waals surface area (Å²) in [6.45, 7) is 23.2. The quantitative estimate of drug-likeness (QED) is 0.0264. The van der Waals surface area contributed by atoms with Gasteiger partial charge in [0, 0.05) is 25.9 Å². The first-order chi connectivity index (χ1) is 33.3. The SMILES string of the molecule is C=C(C)C(=O)OCCCc1cc(-c2ccc(-c3ccc(-c4ccc(C5CCC(CCCCC)CC5)cc4)c(CC)c3)cc2CC)cc(CCCOC)c1OCCC(C)(CO)CCCC.C=C(C)C=O. The summed E-state index contributed by atoms with van der Waals surface area (Å²) >= 11 is 0. The zero-order valence-electron chi connectivity index (χ0n) is 44.1. The van der Waals surface area contributed by atoms with E-state index in [2.05, 4.69) is 121 Å². The molecule has 1 N–H and O–H groups in total. The number of aliphatic hydroxyl groups excluding tert-OH is 1. The molecule has 0 heterocycles. The Labute approximate surface area is 418 Å². The molecule has 1 fully saturated rings. The Morgan fingerprint density at radius 2 is 1.22 bits per heavy atom. The van der Waals surface area contributed by atoms with Gasteiger partial charge in [0.15, 0.2) is 0 Å². The average molecular weight is 941 g/mol. The molecule has 376 valence electrons. The van der Waals surface area contributed by atoms with Crippen LogP contribution in [-0.2, 0) is 44.7 Å². The predicted octanol–water partition coefficient (Wildman–Crippen LogP) is 16.0. The van der Waals surface area contributed by atoms with Crippen molar-refractivity contribution >= 4 is 12.3 Å². The van der Waals surface area contributed by atoms with Crippen LogP contribution in [0.3, 0.4) is 0 Å². The molecule has 0 bridgehead atoms. The van der Waals surface area contributed by atoms with E-state index in [-0.39, 0.29) is 18.0 Å². The van der Waals surface area contributed by atoms with Gasteiger partial charge in [0.25, 0.3) is 0 Å². The van der Waals surface area contributed by atoms with Crippen LogP contribution in [0.1, 0.15) is 172 Å². The van der Waals surface area contributed by atoms with Crippen LogP contribution >= 0.6 is 0 Å². The van der Waals surface area contributed by atoms with E-state index in [0.717, 1.165) is 80.4 Å². The van der Waals surface area contributed by atoms with E-state index in [1.54, 1.807) is 21.0 Å². The van der Waals surface area contributed by atoms with Gasteiger partial charge in [0.1, 0.15) is 12.0 Å². The van der Waals surface area contributed by atoms with E-state index < -0.39 is 0 Å². The molecule has 4 aromatic rings. The summed E-state index contributed by atoms with van der Waals surface area (Å²) in [6.07, 6.45) is 20.5. The van der Waals surface area contributed by atoms with E-state index in [9.17, 15) is 14.7 Å². The third-order valence-corrected chi connectivity index (χ3v) is 14.3. The summed E-state index contributed by atoms with van der Waals surface area (Å²) in [6, 6.07) is 28.2. The number of rotatable bonds is 28. The highest BCUT2D eigenvalue weighted by Gasteiger charge is 2.25. The van der Waals surface area contributed by atoms with Gasteiger partial charge in [-0.3, -0.25) is 4.79 Å². The van der Waals surface area contributed by atoms with Crippen LogP contribution in [0.4, 0.5) is 0 Å². The Morgan fingerprint density at radius 3 is 1.72 bits per heavy atom. The van der Waals surface area contributed by atoms with E-state index in [1.165, 1.54) is 101 Å². The van der Waals surface area contributed by atoms with E-state index in [4.69, 9.17) is 14.2 Å². The highest BCUT2D eigenvalue weighted by atomic mass is 16.5. The van der Waals surface area contributed by atoms with Crippen LogP contribution in [0.5, 0.6) is 5.75 Å². The first kappa shape index (κ1) is 56.8. The van der Waals surface area contributed by atoms with Crippen molar-refractivity contribution in [1.82, 2.24) is 0 Å². The fraction of sp³-hybridized carbons (Fsp3) is 0.524. The van der Waals surface area contributed by atoms with Crippen molar-refractivity contribution in [3.63, 3.8) is 0 Å². The Kier molecular flexibility index (Phi) is 24.8. The van der Waals surface area contributed by atoms with Crippen molar-refractivity contribution in [2.45, 2.75) is 170 Å². The molecular formula is C63H88O6. The van der Waals surface area contributed by atoms with E-state index >= 15 is 0 Å². The minimum Gasteiger partial charge on any atom is -0.493 e. The predicted molar refractivity (Wildman–Crippen MR) is 290 cm³/mol. The fourth-order valence-corrected chi connectivity index (χ4v) is 9.81. The number of hydrogen-bond acceptors (Lipinski definition) is 6. The molecule has 0 radical (unpaired) electrons. The number of carbonyl (C=O) groups excluding carboxylic acids is 2. The summed E-state index contributed by atoms with van der Waals surface area (Å²) in [7, 11) is 1.75. The summed E-state index contributed by atoms with van der Waals surface area (Å²) in [4.78, 5) is 21.6. The van der Waals surface area contributed by atoms with Crippen LogP contribution in [-0.4, -0.2) is 50.9 Å². The van der Waals surface area contributed by atoms with E-state index in [0.29, 0.717) is 49.7 Å². The summed E-state index contributed by atoms with van der Waals surface area (Å²) in [5.41, 5.74) is 14.8. The third-order valence-electron chi connectivity index (χ3n) is 14.3. The van der Waals surface area contributed by atoms with Gasteiger partial charge in [-0.1, -0.05) is 147 Å². The summed E-state index contributed by atoms with van der Waals surface area (Å²) in [5, 5.41) is 10.3. The minimum atomic E-state index is -0.358. The van der Waals surface area contributed by atoms with Crippen molar-refractivity contribution < 1.29 is 28.9 Å². The van der Waals surface area contributed by atoms with Crippen LogP contribution in [0, 0.1) is 11.3 Å². The molecule has 4 aromatic carbocycles. The summed E-state index contributed by atoms with van der Waals surface area (Å²) in [5.74, 6) is 2.19. The molecule has 0 saturated heterocycles. The number of methoxy groups -OCH3 is 1. The first-order valence-electron chi connectivity index (χ1n) is 26.5. The maximum atomic E-state index is 12.2. The van der Waals surface area contributed by atoms with Crippen molar-refractivity contribution in [2.75, 3.05) is 33.5 Å². The average Bonchev–Trinajstić information content (AvgIpc) is 3.37. The number of hydrogen-bond donors (Lipinski definition) is 1. The molecule has 5 rings (SSSR count). The molecule has 0 spiro atoms. The Hall–Kier alpha value is -4.78. The molecule has 1 atom stereocenters. The molecule has 0 aromatic heterocycles. The molecule has 0 amide bonds. The first-order valence-corrected chi connectivity index (χ1v) is 26.5. The molecule has 1 aliphatic rings. The number of esters is 1.